The molecule has 2 N–H and O–H groups in total. The van der Waals surface area contributed by atoms with Crippen molar-refractivity contribution >= 4 is 11.3 Å². The summed E-state index contributed by atoms with van der Waals surface area (Å²) in [5, 5.41) is 5.00. The average Bonchev–Trinajstić information content (AvgIpc) is 2.66. The zero-order valence-corrected chi connectivity index (χ0v) is 8.75. The van der Waals surface area contributed by atoms with E-state index in [4.69, 9.17) is 0 Å². The van der Waals surface area contributed by atoms with E-state index in [2.05, 4.69) is 20.3 Å². The van der Waals surface area contributed by atoms with Crippen molar-refractivity contribution in [1.29, 1.82) is 0 Å². The molecule has 5 nitrogen and oxygen atoms in total. The third-order valence-corrected chi connectivity index (χ3v) is 2.55. The summed E-state index contributed by atoms with van der Waals surface area (Å²) in [6.07, 6.45) is 5.02. The van der Waals surface area contributed by atoms with Crippen molar-refractivity contribution in [2.45, 2.75) is 13.1 Å². The highest BCUT2D eigenvalue weighted by molar-refractivity contribution is 7.07. The van der Waals surface area contributed by atoms with E-state index >= 15 is 0 Å². The molecule has 0 aliphatic rings. The molecule has 0 saturated heterocycles. The van der Waals surface area contributed by atoms with Crippen LogP contribution in [0.4, 0.5) is 0 Å². The first-order chi connectivity index (χ1) is 7.34. The van der Waals surface area contributed by atoms with Crippen LogP contribution in [-0.4, -0.2) is 15.0 Å². The van der Waals surface area contributed by atoms with E-state index in [1.165, 1.54) is 17.7 Å². The van der Waals surface area contributed by atoms with Crippen molar-refractivity contribution in [1.82, 2.24) is 20.3 Å². The number of aromatic amines is 1. The smallest absolute Gasteiger partial charge is 0.304 e. The fourth-order valence-electron chi connectivity index (χ4n) is 1.16. The fraction of sp³-hybridized carbons (Fsp3) is 0.222. The molecular formula is C9H10N4OS. The van der Waals surface area contributed by atoms with Crippen LogP contribution < -0.4 is 10.2 Å². The monoisotopic (exact) mass is 222 g/mol. The third kappa shape index (κ3) is 2.97. The number of hydrogen-bond acceptors (Lipinski definition) is 5. The first kappa shape index (κ1) is 10.0. The van der Waals surface area contributed by atoms with Crippen LogP contribution in [0.15, 0.2) is 28.9 Å². The lowest BCUT2D eigenvalue weighted by Crippen LogP contribution is -2.14. The molecule has 2 rings (SSSR count). The molecule has 0 aromatic carbocycles. The Hall–Kier alpha value is -1.53. The molecule has 0 fully saturated rings. The van der Waals surface area contributed by atoms with Crippen LogP contribution in [0.3, 0.4) is 0 Å². The second-order valence-electron chi connectivity index (χ2n) is 3.02. The Morgan fingerprint density at radius 1 is 1.33 bits per heavy atom. The minimum atomic E-state index is -0.0187. The predicted octanol–water partition coefficient (Wildman–Crippen LogP) is 0.516. The molecular weight excluding hydrogens is 212 g/mol. The molecule has 0 amide bonds. The van der Waals surface area contributed by atoms with Gasteiger partial charge in [-0.2, -0.15) is 0 Å². The Morgan fingerprint density at radius 3 is 2.80 bits per heavy atom. The van der Waals surface area contributed by atoms with Gasteiger partial charge in [0, 0.05) is 42.1 Å². The van der Waals surface area contributed by atoms with Crippen LogP contribution in [-0.2, 0) is 13.1 Å². The Labute approximate surface area is 90.2 Å². The lowest BCUT2D eigenvalue weighted by molar-refractivity contribution is 0.677. The minimum Gasteiger partial charge on any atom is -0.315 e. The van der Waals surface area contributed by atoms with E-state index in [1.807, 2.05) is 5.38 Å². The number of H-pyrrole nitrogens is 1. The zero-order chi connectivity index (χ0) is 10.5. The van der Waals surface area contributed by atoms with Crippen LogP contribution in [0.25, 0.3) is 0 Å². The number of hydrogen-bond donors (Lipinski definition) is 2. The Morgan fingerprint density at radius 2 is 2.13 bits per heavy atom. The molecule has 0 radical (unpaired) electrons. The van der Waals surface area contributed by atoms with Gasteiger partial charge < -0.3 is 10.3 Å². The van der Waals surface area contributed by atoms with Gasteiger partial charge in [0.1, 0.15) is 6.33 Å². The summed E-state index contributed by atoms with van der Waals surface area (Å²) < 4.78 is 0. The summed E-state index contributed by atoms with van der Waals surface area (Å²) in [5.41, 5.74) is 1.93. The highest BCUT2D eigenvalue weighted by Crippen LogP contribution is 1.96. The van der Waals surface area contributed by atoms with E-state index in [9.17, 15) is 4.79 Å². The maximum Gasteiger partial charge on any atom is 0.304 e. The van der Waals surface area contributed by atoms with Gasteiger partial charge in [0.15, 0.2) is 0 Å². The Bertz CT molecular complexity index is 464. The number of thiazole rings is 1. The zero-order valence-electron chi connectivity index (χ0n) is 7.93. The molecule has 0 unspecified atom stereocenters. The van der Waals surface area contributed by atoms with Crippen molar-refractivity contribution in [3.63, 3.8) is 0 Å². The molecule has 2 aromatic heterocycles. The second kappa shape index (κ2) is 4.81. The highest BCUT2D eigenvalue weighted by Gasteiger charge is 1.96. The second-order valence-corrected chi connectivity index (χ2v) is 3.87. The molecule has 6 heteroatoms. The van der Waals surface area contributed by atoms with Gasteiger partial charge in [0.25, 0.3) is 0 Å². The number of nitrogens with one attached hydrogen (secondary N) is 2. The van der Waals surface area contributed by atoms with E-state index in [1.54, 1.807) is 12.4 Å². The van der Waals surface area contributed by atoms with Gasteiger partial charge in [0.2, 0.25) is 0 Å². The van der Waals surface area contributed by atoms with Crippen molar-refractivity contribution in [3.8, 4) is 0 Å². The maximum atomic E-state index is 10.8. The van der Waals surface area contributed by atoms with Gasteiger partial charge in [-0.15, -0.1) is 0 Å². The number of aromatic nitrogens is 3. The summed E-state index contributed by atoms with van der Waals surface area (Å²) in [4.78, 5) is 21.4. The minimum absolute atomic E-state index is 0.0187. The van der Waals surface area contributed by atoms with Crippen LogP contribution in [0.1, 0.15) is 11.3 Å². The number of nitrogens with zero attached hydrogens (tertiary/aromatic N) is 2. The highest BCUT2D eigenvalue weighted by atomic mass is 32.1. The van der Waals surface area contributed by atoms with Crippen molar-refractivity contribution in [2.24, 2.45) is 0 Å². The van der Waals surface area contributed by atoms with Gasteiger partial charge in [-0.25, -0.2) is 9.97 Å². The van der Waals surface area contributed by atoms with Crippen LogP contribution in [0, 0.1) is 0 Å². The van der Waals surface area contributed by atoms with E-state index in [0.717, 1.165) is 11.3 Å². The van der Waals surface area contributed by atoms with Crippen molar-refractivity contribution in [2.75, 3.05) is 0 Å². The van der Waals surface area contributed by atoms with Gasteiger partial charge >= 0.3 is 4.87 Å². The topological polar surface area (TPSA) is 70.7 Å². The van der Waals surface area contributed by atoms with Gasteiger partial charge in [-0.1, -0.05) is 11.3 Å². The van der Waals surface area contributed by atoms with Gasteiger partial charge in [-0.05, 0) is 0 Å². The first-order valence-corrected chi connectivity index (χ1v) is 5.34. The summed E-state index contributed by atoms with van der Waals surface area (Å²) in [7, 11) is 0. The fourth-order valence-corrected chi connectivity index (χ4v) is 1.74. The van der Waals surface area contributed by atoms with Crippen LogP contribution in [0.5, 0.6) is 0 Å². The standard InChI is InChI=1S/C9H10N4OS/c14-9-13-8(5-15-9)4-10-1-7-2-11-6-12-3-7/h2-3,5-6,10H,1,4H2,(H,13,14). The van der Waals surface area contributed by atoms with Gasteiger partial charge in [-0.3, -0.25) is 4.79 Å². The maximum absolute atomic E-state index is 10.8. The molecule has 0 spiro atoms. The number of rotatable bonds is 4. The van der Waals surface area contributed by atoms with Crippen LogP contribution >= 0.6 is 11.3 Å². The lowest BCUT2D eigenvalue weighted by Gasteiger charge is -2.01. The van der Waals surface area contributed by atoms with E-state index in [0.29, 0.717) is 13.1 Å². The molecule has 0 saturated carbocycles. The molecule has 15 heavy (non-hydrogen) atoms. The van der Waals surface area contributed by atoms with Crippen LogP contribution in [0.2, 0.25) is 0 Å². The lowest BCUT2D eigenvalue weighted by atomic mass is 10.3. The molecule has 0 bridgehead atoms. The summed E-state index contributed by atoms with van der Waals surface area (Å²) >= 11 is 1.17. The summed E-state index contributed by atoms with van der Waals surface area (Å²) in [5.74, 6) is 0. The summed E-state index contributed by atoms with van der Waals surface area (Å²) in [6, 6.07) is 0. The Kier molecular flexibility index (Phi) is 3.21. The average molecular weight is 222 g/mol. The van der Waals surface area contributed by atoms with E-state index in [-0.39, 0.29) is 4.87 Å². The predicted molar refractivity (Wildman–Crippen MR) is 57.5 cm³/mol. The summed E-state index contributed by atoms with van der Waals surface area (Å²) in [6.45, 7) is 1.34. The van der Waals surface area contributed by atoms with E-state index < -0.39 is 0 Å². The quantitative estimate of drug-likeness (QED) is 0.791. The largest absolute Gasteiger partial charge is 0.315 e. The molecule has 0 atom stereocenters. The molecule has 78 valence electrons. The van der Waals surface area contributed by atoms with Crippen molar-refractivity contribution < 1.29 is 0 Å². The SMILES string of the molecule is O=c1[nH]c(CNCc2cncnc2)cs1. The third-order valence-electron chi connectivity index (χ3n) is 1.83. The Balaban J connectivity index is 1.83. The molecule has 2 heterocycles. The van der Waals surface area contributed by atoms with Gasteiger partial charge in [0.05, 0.1) is 0 Å². The molecule has 2 aromatic rings. The molecule has 0 aliphatic carbocycles. The normalized spacial score (nSPS) is 10.4. The molecule has 0 aliphatic heterocycles. The van der Waals surface area contributed by atoms with Crippen molar-refractivity contribution in [3.05, 3.63) is 45.0 Å². The first-order valence-electron chi connectivity index (χ1n) is 4.46.